The number of hydrogen-bond acceptors (Lipinski definition) is 3. The molecule has 1 heterocycles. The Balaban J connectivity index is 1.85. The van der Waals surface area contributed by atoms with Crippen LogP contribution in [0.1, 0.15) is 31.4 Å². The Kier molecular flexibility index (Phi) is 6.59. The lowest BCUT2D eigenvalue weighted by molar-refractivity contribution is -0.134. The SMILES string of the molecule is Cc1ccc(C)c(NC(=O)CN(C)C(=O)CN2C[C@@H](C)C[C@H](C)C2)c1. The van der Waals surface area contributed by atoms with Gasteiger partial charge < -0.3 is 10.2 Å². The third-order valence-electron chi connectivity index (χ3n) is 4.78. The fourth-order valence-corrected chi connectivity index (χ4v) is 3.60. The first-order chi connectivity index (χ1) is 11.7. The van der Waals surface area contributed by atoms with Gasteiger partial charge in [0.2, 0.25) is 11.8 Å². The van der Waals surface area contributed by atoms with Crippen LogP contribution in [0.3, 0.4) is 0 Å². The van der Waals surface area contributed by atoms with E-state index in [1.165, 1.54) is 11.3 Å². The van der Waals surface area contributed by atoms with Gasteiger partial charge in [-0.15, -0.1) is 0 Å². The molecule has 0 aliphatic carbocycles. The molecule has 1 aromatic rings. The van der Waals surface area contributed by atoms with E-state index in [1.54, 1.807) is 7.05 Å². The van der Waals surface area contributed by atoms with E-state index in [0.29, 0.717) is 18.4 Å². The number of benzene rings is 1. The minimum absolute atomic E-state index is 0.00239. The summed E-state index contributed by atoms with van der Waals surface area (Å²) in [6.07, 6.45) is 1.22. The number of likely N-dealkylation sites (tertiary alicyclic amines) is 1. The van der Waals surface area contributed by atoms with Gasteiger partial charge in [0.25, 0.3) is 0 Å². The number of aryl methyl sites for hydroxylation is 2. The van der Waals surface area contributed by atoms with Gasteiger partial charge in [-0.05, 0) is 49.3 Å². The molecule has 0 radical (unpaired) electrons. The first-order valence-corrected chi connectivity index (χ1v) is 9.08. The first kappa shape index (κ1) is 19.4. The second-order valence-electron chi connectivity index (χ2n) is 7.76. The van der Waals surface area contributed by atoms with Crippen LogP contribution in [0.2, 0.25) is 0 Å². The molecule has 0 spiro atoms. The van der Waals surface area contributed by atoms with Crippen LogP contribution in [0, 0.1) is 25.7 Å². The largest absolute Gasteiger partial charge is 0.335 e. The van der Waals surface area contributed by atoms with Crippen LogP contribution in [0.25, 0.3) is 0 Å². The molecule has 1 aromatic carbocycles. The Labute approximate surface area is 151 Å². The number of amides is 2. The third kappa shape index (κ3) is 5.85. The molecule has 0 saturated carbocycles. The first-order valence-electron chi connectivity index (χ1n) is 9.08. The number of carbonyl (C=O) groups excluding carboxylic acids is 2. The molecule has 0 unspecified atom stereocenters. The van der Waals surface area contributed by atoms with E-state index < -0.39 is 0 Å². The minimum atomic E-state index is -0.162. The highest BCUT2D eigenvalue weighted by Crippen LogP contribution is 2.20. The van der Waals surface area contributed by atoms with Crippen LogP contribution in [0.4, 0.5) is 5.69 Å². The lowest BCUT2D eigenvalue weighted by atomic mass is 9.92. The van der Waals surface area contributed by atoms with E-state index in [-0.39, 0.29) is 18.4 Å². The molecule has 0 aromatic heterocycles. The van der Waals surface area contributed by atoms with Gasteiger partial charge in [0.15, 0.2) is 0 Å². The topological polar surface area (TPSA) is 52.7 Å². The number of anilines is 1. The van der Waals surface area contributed by atoms with Crippen molar-refractivity contribution in [1.82, 2.24) is 9.80 Å². The highest BCUT2D eigenvalue weighted by Gasteiger charge is 2.24. The van der Waals surface area contributed by atoms with Gasteiger partial charge in [0.1, 0.15) is 0 Å². The maximum absolute atomic E-state index is 12.4. The van der Waals surface area contributed by atoms with Gasteiger partial charge in [-0.1, -0.05) is 26.0 Å². The summed E-state index contributed by atoms with van der Waals surface area (Å²) in [7, 11) is 1.70. The van der Waals surface area contributed by atoms with Gasteiger partial charge in [-0.3, -0.25) is 14.5 Å². The van der Waals surface area contributed by atoms with Gasteiger partial charge in [-0.2, -0.15) is 0 Å². The van der Waals surface area contributed by atoms with Crippen LogP contribution in [-0.4, -0.2) is 54.8 Å². The summed E-state index contributed by atoms with van der Waals surface area (Å²) in [6.45, 7) is 10.8. The number of nitrogens with zero attached hydrogens (tertiary/aromatic N) is 2. The molecule has 25 heavy (non-hydrogen) atoms. The molecule has 1 aliphatic rings. The molecule has 1 fully saturated rings. The molecule has 2 atom stereocenters. The average Bonchev–Trinajstić information content (AvgIpc) is 2.49. The molecule has 2 amide bonds. The van der Waals surface area contributed by atoms with Crippen LogP contribution in [-0.2, 0) is 9.59 Å². The van der Waals surface area contributed by atoms with Crippen molar-refractivity contribution >= 4 is 17.5 Å². The van der Waals surface area contributed by atoms with E-state index in [2.05, 4.69) is 24.1 Å². The molecule has 5 nitrogen and oxygen atoms in total. The molecular formula is C20H31N3O2. The van der Waals surface area contributed by atoms with Crippen molar-refractivity contribution in [3.63, 3.8) is 0 Å². The number of carbonyl (C=O) groups is 2. The van der Waals surface area contributed by atoms with E-state index in [0.717, 1.165) is 29.9 Å². The summed E-state index contributed by atoms with van der Waals surface area (Å²) in [4.78, 5) is 28.4. The van der Waals surface area contributed by atoms with E-state index in [9.17, 15) is 9.59 Å². The predicted octanol–water partition coefficient (Wildman–Crippen LogP) is 2.68. The quantitative estimate of drug-likeness (QED) is 0.893. The van der Waals surface area contributed by atoms with Crippen LogP contribution < -0.4 is 5.32 Å². The molecule has 1 aliphatic heterocycles. The van der Waals surface area contributed by atoms with E-state index >= 15 is 0 Å². The summed E-state index contributed by atoms with van der Waals surface area (Å²) in [6, 6.07) is 5.95. The molecule has 1 saturated heterocycles. The van der Waals surface area contributed by atoms with Crippen LogP contribution in [0.15, 0.2) is 18.2 Å². The maximum atomic E-state index is 12.4. The number of hydrogen-bond donors (Lipinski definition) is 1. The van der Waals surface area contributed by atoms with Gasteiger partial charge in [0.05, 0.1) is 13.1 Å². The zero-order chi connectivity index (χ0) is 18.6. The molecule has 0 bridgehead atoms. The zero-order valence-electron chi connectivity index (χ0n) is 16.1. The van der Waals surface area contributed by atoms with Crippen molar-refractivity contribution in [1.29, 1.82) is 0 Å². The molecular weight excluding hydrogens is 314 g/mol. The lowest BCUT2D eigenvalue weighted by Crippen LogP contribution is -2.46. The Morgan fingerprint density at radius 2 is 1.84 bits per heavy atom. The zero-order valence-corrected chi connectivity index (χ0v) is 16.1. The van der Waals surface area contributed by atoms with Crippen molar-refractivity contribution in [2.45, 2.75) is 34.1 Å². The summed E-state index contributed by atoms with van der Waals surface area (Å²) in [5.41, 5.74) is 2.92. The summed E-state index contributed by atoms with van der Waals surface area (Å²) in [5, 5.41) is 2.91. The summed E-state index contributed by atoms with van der Waals surface area (Å²) < 4.78 is 0. The standard InChI is InChI=1S/C20H31N3O2/c1-14-6-7-17(4)18(9-14)21-19(24)12-22(5)20(25)13-23-10-15(2)8-16(3)11-23/h6-7,9,15-16H,8,10-13H2,1-5H3,(H,21,24)/t15-,16-/m0/s1. The second kappa shape index (κ2) is 8.48. The second-order valence-corrected chi connectivity index (χ2v) is 7.76. The summed E-state index contributed by atoms with van der Waals surface area (Å²) >= 11 is 0. The van der Waals surface area contributed by atoms with Crippen molar-refractivity contribution < 1.29 is 9.59 Å². The number of rotatable bonds is 5. The van der Waals surface area contributed by atoms with E-state index in [4.69, 9.17) is 0 Å². The van der Waals surface area contributed by atoms with Crippen molar-refractivity contribution in [3.05, 3.63) is 29.3 Å². The molecule has 5 heteroatoms. The number of nitrogens with one attached hydrogen (secondary N) is 1. The van der Waals surface area contributed by atoms with Gasteiger partial charge in [0, 0.05) is 25.8 Å². The van der Waals surface area contributed by atoms with Crippen molar-refractivity contribution in [3.8, 4) is 0 Å². The molecule has 2 rings (SSSR count). The Morgan fingerprint density at radius 3 is 2.48 bits per heavy atom. The molecule has 138 valence electrons. The lowest BCUT2D eigenvalue weighted by Gasteiger charge is -2.35. The fraction of sp³-hybridized carbons (Fsp3) is 0.600. The van der Waals surface area contributed by atoms with Gasteiger partial charge in [-0.25, -0.2) is 0 Å². The van der Waals surface area contributed by atoms with Crippen LogP contribution >= 0.6 is 0 Å². The Hall–Kier alpha value is -1.88. The normalized spacial score (nSPS) is 21.0. The van der Waals surface area contributed by atoms with E-state index in [1.807, 2.05) is 32.0 Å². The Morgan fingerprint density at radius 1 is 1.20 bits per heavy atom. The predicted molar refractivity (Wildman–Crippen MR) is 102 cm³/mol. The monoisotopic (exact) mass is 345 g/mol. The minimum Gasteiger partial charge on any atom is -0.335 e. The smallest absolute Gasteiger partial charge is 0.243 e. The number of likely N-dealkylation sites (N-methyl/N-ethyl adjacent to an activating group) is 1. The van der Waals surface area contributed by atoms with Crippen molar-refractivity contribution in [2.75, 3.05) is 38.5 Å². The highest BCUT2D eigenvalue weighted by molar-refractivity contribution is 5.95. The summed E-state index contributed by atoms with van der Waals surface area (Å²) in [5.74, 6) is 1.08. The van der Waals surface area contributed by atoms with Gasteiger partial charge >= 0.3 is 0 Å². The maximum Gasteiger partial charge on any atom is 0.243 e. The Bertz CT molecular complexity index is 619. The van der Waals surface area contributed by atoms with Crippen molar-refractivity contribution in [2.24, 2.45) is 11.8 Å². The number of piperidine rings is 1. The third-order valence-corrected chi connectivity index (χ3v) is 4.78. The highest BCUT2D eigenvalue weighted by atomic mass is 16.2. The molecule has 1 N–H and O–H groups in total. The average molecular weight is 345 g/mol. The fourth-order valence-electron chi connectivity index (χ4n) is 3.60. The van der Waals surface area contributed by atoms with Crippen LogP contribution in [0.5, 0.6) is 0 Å².